The lowest BCUT2D eigenvalue weighted by molar-refractivity contribution is 0.0786. The maximum atomic E-state index is 12.9. The van der Waals surface area contributed by atoms with E-state index in [1.807, 2.05) is 38.2 Å². The lowest BCUT2D eigenvalue weighted by Gasteiger charge is -2.37. The van der Waals surface area contributed by atoms with Crippen molar-refractivity contribution < 1.29 is 4.79 Å². The second kappa shape index (κ2) is 12.7. The zero-order chi connectivity index (χ0) is 25.3. The minimum atomic E-state index is 0.0881. The van der Waals surface area contributed by atoms with Crippen LogP contribution in [0.1, 0.15) is 33.8 Å². The van der Waals surface area contributed by atoms with Gasteiger partial charge in [-0.3, -0.25) is 9.69 Å². The molecule has 1 aliphatic rings. The van der Waals surface area contributed by atoms with Gasteiger partial charge in [0.15, 0.2) is 0 Å². The molecule has 0 bridgehead atoms. The highest BCUT2D eigenvalue weighted by Gasteiger charge is 2.21. The molecule has 3 aromatic rings. The van der Waals surface area contributed by atoms with Crippen molar-refractivity contribution in [2.45, 2.75) is 12.3 Å². The monoisotopic (exact) mass is 484 g/mol. The predicted molar refractivity (Wildman–Crippen MR) is 150 cm³/mol. The molecule has 4 rings (SSSR count). The van der Waals surface area contributed by atoms with Crippen molar-refractivity contribution in [1.29, 1.82) is 0 Å². The van der Waals surface area contributed by atoms with E-state index in [-0.39, 0.29) is 5.91 Å². The van der Waals surface area contributed by atoms with E-state index in [9.17, 15) is 4.79 Å². The van der Waals surface area contributed by atoms with Crippen molar-refractivity contribution >= 4 is 11.6 Å². The molecule has 36 heavy (non-hydrogen) atoms. The Morgan fingerprint density at radius 3 is 1.97 bits per heavy atom. The minimum Gasteiger partial charge on any atom is -0.369 e. The summed E-state index contributed by atoms with van der Waals surface area (Å²) in [4.78, 5) is 21.8. The van der Waals surface area contributed by atoms with Crippen LogP contribution < -0.4 is 4.90 Å². The van der Waals surface area contributed by atoms with Crippen molar-refractivity contribution in [2.24, 2.45) is 0 Å². The lowest BCUT2D eigenvalue weighted by Crippen LogP contribution is -2.46. The summed E-state index contributed by atoms with van der Waals surface area (Å²) < 4.78 is 0. The first-order valence-corrected chi connectivity index (χ1v) is 13.1. The van der Waals surface area contributed by atoms with Gasteiger partial charge in [0, 0.05) is 63.5 Å². The third kappa shape index (κ3) is 6.96. The Kier molecular flexibility index (Phi) is 9.15. The Labute approximate surface area is 216 Å². The summed E-state index contributed by atoms with van der Waals surface area (Å²) in [6.07, 6.45) is 1.11. The number of rotatable bonds is 10. The number of hydrogen-bond acceptors (Lipinski definition) is 4. The first-order valence-electron chi connectivity index (χ1n) is 13.1. The van der Waals surface area contributed by atoms with Crippen LogP contribution in [0.4, 0.5) is 5.69 Å². The zero-order valence-corrected chi connectivity index (χ0v) is 22.0. The van der Waals surface area contributed by atoms with Gasteiger partial charge in [-0.1, -0.05) is 66.7 Å². The minimum absolute atomic E-state index is 0.0881. The van der Waals surface area contributed by atoms with Crippen LogP contribution in [0.5, 0.6) is 0 Å². The summed E-state index contributed by atoms with van der Waals surface area (Å²) in [6.45, 7) is 6.71. The van der Waals surface area contributed by atoms with Gasteiger partial charge in [0.25, 0.3) is 5.91 Å². The Balaban J connectivity index is 1.33. The molecule has 5 nitrogen and oxygen atoms in total. The average molecular weight is 485 g/mol. The molecule has 0 atom stereocenters. The topological polar surface area (TPSA) is 30.0 Å². The Bertz CT molecular complexity index is 1040. The van der Waals surface area contributed by atoms with E-state index in [0.717, 1.165) is 63.5 Å². The van der Waals surface area contributed by atoms with Gasteiger partial charge in [-0.25, -0.2) is 0 Å². The van der Waals surface area contributed by atoms with Crippen molar-refractivity contribution in [3.8, 4) is 0 Å². The van der Waals surface area contributed by atoms with E-state index in [1.54, 1.807) is 0 Å². The van der Waals surface area contributed by atoms with E-state index < -0.39 is 0 Å². The quantitative estimate of drug-likeness (QED) is 0.419. The SMILES string of the molecule is CN(C)CCN(C)C(=O)c1cccc(N2CCN(CCC(c3ccccc3)c3ccccc3)CC2)c1. The Morgan fingerprint density at radius 2 is 1.39 bits per heavy atom. The van der Waals surface area contributed by atoms with E-state index in [2.05, 4.69) is 87.5 Å². The fraction of sp³-hybridized carbons (Fsp3) is 0.387. The molecule has 0 saturated carbocycles. The summed E-state index contributed by atoms with van der Waals surface area (Å²) in [5.41, 5.74) is 4.69. The molecule has 1 saturated heterocycles. The Morgan fingerprint density at radius 1 is 0.778 bits per heavy atom. The highest BCUT2D eigenvalue weighted by atomic mass is 16.2. The van der Waals surface area contributed by atoms with Gasteiger partial charge >= 0.3 is 0 Å². The number of amides is 1. The van der Waals surface area contributed by atoms with Gasteiger partial charge in [-0.05, 0) is 56.4 Å². The third-order valence-corrected chi connectivity index (χ3v) is 7.20. The fourth-order valence-electron chi connectivity index (χ4n) is 4.95. The van der Waals surface area contributed by atoms with Gasteiger partial charge in [-0.2, -0.15) is 0 Å². The normalized spacial score (nSPS) is 14.4. The van der Waals surface area contributed by atoms with Gasteiger partial charge in [-0.15, -0.1) is 0 Å². The molecule has 0 aromatic heterocycles. The van der Waals surface area contributed by atoms with Crippen molar-refractivity contribution in [2.75, 3.05) is 71.9 Å². The zero-order valence-electron chi connectivity index (χ0n) is 22.0. The van der Waals surface area contributed by atoms with Crippen LogP contribution in [0, 0.1) is 0 Å². The molecule has 0 radical (unpaired) electrons. The first-order chi connectivity index (χ1) is 17.5. The van der Waals surface area contributed by atoms with Gasteiger partial charge in [0.1, 0.15) is 0 Å². The largest absolute Gasteiger partial charge is 0.369 e. The van der Waals surface area contributed by atoms with Gasteiger partial charge < -0.3 is 14.7 Å². The maximum absolute atomic E-state index is 12.9. The first kappa shape index (κ1) is 25.9. The lowest BCUT2D eigenvalue weighted by atomic mass is 9.88. The standard InChI is InChI=1S/C31H40N4O/c1-32(2)19-20-33(3)31(36)28-15-10-16-29(25-28)35-23-21-34(22-24-35)18-17-30(26-11-6-4-7-12-26)27-13-8-5-9-14-27/h4-16,25,30H,17-24H2,1-3H3. The summed E-state index contributed by atoms with van der Waals surface area (Å²) in [5, 5.41) is 0. The predicted octanol–water partition coefficient (Wildman–Crippen LogP) is 4.66. The second-order valence-electron chi connectivity index (χ2n) is 10.1. The second-order valence-corrected chi connectivity index (χ2v) is 10.1. The van der Waals surface area contributed by atoms with Crippen LogP contribution in [0.15, 0.2) is 84.9 Å². The summed E-state index contributed by atoms with van der Waals surface area (Å²) in [6, 6.07) is 29.9. The van der Waals surface area contributed by atoms with Crippen molar-refractivity contribution in [3.63, 3.8) is 0 Å². The highest BCUT2D eigenvalue weighted by molar-refractivity contribution is 5.95. The summed E-state index contributed by atoms with van der Waals surface area (Å²) in [7, 11) is 5.94. The van der Waals surface area contributed by atoms with Gasteiger partial charge in [0.05, 0.1) is 0 Å². The molecule has 1 aliphatic heterocycles. The van der Waals surface area contributed by atoms with Crippen LogP contribution in [-0.2, 0) is 0 Å². The molecule has 0 N–H and O–H groups in total. The molecular formula is C31H40N4O. The van der Waals surface area contributed by atoms with Crippen LogP contribution >= 0.6 is 0 Å². The molecule has 0 unspecified atom stereocenters. The third-order valence-electron chi connectivity index (χ3n) is 7.20. The number of benzene rings is 3. The molecular weight excluding hydrogens is 444 g/mol. The number of carbonyl (C=O) groups excluding carboxylic acids is 1. The van der Waals surface area contributed by atoms with E-state index in [1.165, 1.54) is 11.1 Å². The number of carbonyl (C=O) groups is 1. The van der Waals surface area contributed by atoms with Crippen LogP contribution in [-0.4, -0.2) is 87.6 Å². The highest BCUT2D eigenvalue weighted by Crippen LogP contribution is 2.28. The molecule has 5 heteroatoms. The summed E-state index contributed by atoms with van der Waals surface area (Å²) >= 11 is 0. The van der Waals surface area contributed by atoms with Crippen LogP contribution in [0.25, 0.3) is 0 Å². The van der Waals surface area contributed by atoms with E-state index in [4.69, 9.17) is 0 Å². The molecule has 0 spiro atoms. The number of piperazine rings is 1. The average Bonchev–Trinajstić information content (AvgIpc) is 2.93. The number of nitrogens with zero attached hydrogens (tertiary/aromatic N) is 4. The molecule has 1 heterocycles. The number of hydrogen-bond donors (Lipinski definition) is 0. The molecule has 0 aliphatic carbocycles. The smallest absolute Gasteiger partial charge is 0.253 e. The number of anilines is 1. The van der Waals surface area contributed by atoms with Crippen LogP contribution in [0.3, 0.4) is 0 Å². The van der Waals surface area contributed by atoms with E-state index in [0.29, 0.717) is 5.92 Å². The number of likely N-dealkylation sites (N-methyl/N-ethyl adjacent to an activating group) is 2. The molecule has 3 aromatic carbocycles. The van der Waals surface area contributed by atoms with Crippen molar-refractivity contribution in [1.82, 2.24) is 14.7 Å². The van der Waals surface area contributed by atoms with E-state index >= 15 is 0 Å². The Hall–Kier alpha value is -3.15. The molecule has 1 fully saturated rings. The van der Waals surface area contributed by atoms with Crippen LogP contribution in [0.2, 0.25) is 0 Å². The molecule has 190 valence electrons. The molecule has 1 amide bonds. The maximum Gasteiger partial charge on any atom is 0.253 e. The van der Waals surface area contributed by atoms with Gasteiger partial charge in [0.2, 0.25) is 0 Å². The fourth-order valence-corrected chi connectivity index (χ4v) is 4.95. The van der Waals surface area contributed by atoms with Crippen molar-refractivity contribution in [3.05, 3.63) is 102 Å². The summed E-state index contributed by atoms with van der Waals surface area (Å²) in [5.74, 6) is 0.503.